The normalized spacial score (nSPS) is 13.2. The van der Waals surface area contributed by atoms with E-state index in [4.69, 9.17) is 0 Å². The van der Waals surface area contributed by atoms with Crippen LogP contribution in [0.1, 0.15) is 37.8 Å². The van der Waals surface area contributed by atoms with Crippen LogP contribution in [0.15, 0.2) is 65.7 Å². The van der Waals surface area contributed by atoms with Crippen molar-refractivity contribution in [3.05, 3.63) is 86.4 Å². The topological polar surface area (TPSA) is 156 Å². The summed E-state index contributed by atoms with van der Waals surface area (Å²) < 4.78 is 3.50. The third-order valence-electron chi connectivity index (χ3n) is 6.08. The molecule has 3 heterocycles. The highest BCUT2D eigenvalue weighted by atomic mass is 32.1. The molecule has 1 fully saturated rings. The molecule has 11 nitrogen and oxygen atoms in total. The minimum Gasteiger partial charge on any atom is -0.333 e. The van der Waals surface area contributed by atoms with Crippen LogP contribution in [0.3, 0.4) is 0 Å². The molecule has 0 spiro atoms. The second-order valence-corrected chi connectivity index (χ2v) is 9.49. The molecule has 3 aromatic heterocycles. The fraction of sp³-hybridized carbons (Fsp3) is 0.269. The molecule has 3 N–H and O–H groups in total. The number of rotatable bonds is 6. The SMILES string of the molecule is Cc1nc(NC(=O)C2CCCCC2)ccc1Nc1nc(-c2ccccc2)ccc1[N+](=O)[O-].O=c1[nH]cns1. The number of hydrogen-bond donors (Lipinski definition) is 3. The quantitative estimate of drug-likeness (QED) is 0.218. The molecule has 5 rings (SSSR count). The van der Waals surface area contributed by atoms with Crippen LogP contribution in [-0.2, 0) is 4.79 Å². The van der Waals surface area contributed by atoms with E-state index in [0.717, 1.165) is 42.8 Å². The largest absolute Gasteiger partial charge is 0.333 e. The average molecular weight is 534 g/mol. The number of aryl methyl sites for hydroxylation is 1. The third-order valence-corrected chi connectivity index (χ3v) is 6.57. The maximum Gasteiger partial charge on any atom is 0.323 e. The molecule has 1 aliphatic rings. The Morgan fingerprint density at radius 3 is 2.42 bits per heavy atom. The smallest absolute Gasteiger partial charge is 0.323 e. The maximum absolute atomic E-state index is 12.5. The number of hydrogen-bond acceptors (Lipinski definition) is 9. The number of anilines is 3. The number of pyridine rings is 2. The number of aromatic amines is 1. The fourth-order valence-corrected chi connectivity index (χ4v) is 4.43. The standard InChI is InChI=1S/C24H25N5O3.C2H2N2OS/c1-16-19(13-15-22(25-16)28-24(30)18-10-6-3-7-11-18)26-23-21(29(31)32)14-12-20(27-23)17-8-4-2-5-9-17;5-2-3-1-4-6-2/h2,4-5,8-9,12-15,18H,3,6-7,10-11H2,1H3,(H,26,27)(H,25,28,30);1H,(H,3,4,5). The molecule has 0 bridgehead atoms. The van der Waals surface area contributed by atoms with Gasteiger partial charge in [0, 0.05) is 29.1 Å². The Labute approximate surface area is 222 Å². The number of nitrogens with zero attached hydrogens (tertiary/aromatic N) is 4. The summed E-state index contributed by atoms with van der Waals surface area (Å²) in [6.45, 7) is 1.78. The van der Waals surface area contributed by atoms with E-state index in [2.05, 4.69) is 30.0 Å². The maximum atomic E-state index is 12.5. The van der Waals surface area contributed by atoms with Crippen LogP contribution in [0.5, 0.6) is 0 Å². The van der Waals surface area contributed by atoms with Crippen molar-refractivity contribution in [2.75, 3.05) is 10.6 Å². The van der Waals surface area contributed by atoms with Crippen LogP contribution >= 0.6 is 11.5 Å². The summed E-state index contributed by atoms with van der Waals surface area (Å²) in [6.07, 6.45) is 6.55. The first-order valence-electron chi connectivity index (χ1n) is 12.2. The van der Waals surface area contributed by atoms with Crippen molar-refractivity contribution in [1.82, 2.24) is 19.3 Å². The molecule has 0 unspecified atom stereocenters. The molecule has 1 aliphatic carbocycles. The average Bonchev–Trinajstić information content (AvgIpc) is 3.42. The highest BCUT2D eigenvalue weighted by molar-refractivity contribution is 7.02. The van der Waals surface area contributed by atoms with Crippen molar-refractivity contribution in [2.24, 2.45) is 5.92 Å². The Morgan fingerprint density at radius 2 is 1.82 bits per heavy atom. The second-order valence-electron chi connectivity index (χ2n) is 8.72. The van der Waals surface area contributed by atoms with Gasteiger partial charge < -0.3 is 15.6 Å². The van der Waals surface area contributed by atoms with Gasteiger partial charge in [-0.05, 0) is 38.0 Å². The Hall–Kier alpha value is -4.45. The first-order valence-corrected chi connectivity index (χ1v) is 12.9. The van der Waals surface area contributed by atoms with Crippen LogP contribution < -0.4 is 15.5 Å². The lowest BCUT2D eigenvalue weighted by molar-refractivity contribution is -0.384. The number of H-pyrrole nitrogens is 1. The van der Waals surface area contributed by atoms with Gasteiger partial charge in [-0.25, -0.2) is 9.97 Å². The Morgan fingerprint density at radius 1 is 1.05 bits per heavy atom. The summed E-state index contributed by atoms with van der Waals surface area (Å²) in [5, 5.41) is 17.5. The summed E-state index contributed by atoms with van der Waals surface area (Å²) in [6, 6.07) is 16.0. The number of carbonyl (C=O) groups excluding carboxylic acids is 1. The van der Waals surface area contributed by atoms with Crippen molar-refractivity contribution in [2.45, 2.75) is 39.0 Å². The van der Waals surface area contributed by atoms with Gasteiger partial charge in [-0.3, -0.25) is 19.7 Å². The molecule has 196 valence electrons. The first-order chi connectivity index (χ1) is 18.4. The molecule has 38 heavy (non-hydrogen) atoms. The highest BCUT2D eigenvalue weighted by Crippen LogP contribution is 2.31. The zero-order chi connectivity index (χ0) is 26.9. The predicted molar refractivity (Wildman–Crippen MR) is 147 cm³/mol. The van der Waals surface area contributed by atoms with Crippen molar-refractivity contribution < 1.29 is 9.72 Å². The third kappa shape index (κ3) is 7.07. The molecule has 0 atom stereocenters. The van der Waals surface area contributed by atoms with E-state index < -0.39 is 4.92 Å². The van der Waals surface area contributed by atoms with Gasteiger partial charge in [0.2, 0.25) is 11.7 Å². The zero-order valence-electron chi connectivity index (χ0n) is 20.7. The van der Waals surface area contributed by atoms with Gasteiger partial charge in [0.25, 0.3) is 0 Å². The van der Waals surface area contributed by atoms with Gasteiger partial charge in [-0.1, -0.05) is 49.6 Å². The number of aromatic nitrogens is 4. The van der Waals surface area contributed by atoms with Gasteiger partial charge >= 0.3 is 10.6 Å². The predicted octanol–water partition coefficient (Wildman–Crippen LogP) is 5.45. The molecule has 0 radical (unpaired) electrons. The highest BCUT2D eigenvalue weighted by Gasteiger charge is 2.22. The van der Waals surface area contributed by atoms with Crippen LogP contribution in [0.2, 0.25) is 0 Å². The van der Waals surface area contributed by atoms with E-state index in [0.29, 0.717) is 22.9 Å². The van der Waals surface area contributed by atoms with E-state index in [9.17, 15) is 19.7 Å². The number of amides is 1. The van der Waals surface area contributed by atoms with Gasteiger partial charge in [0.05, 0.1) is 22.0 Å². The molecule has 12 heteroatoms. The van der Waals surface area contributed by atoms with Gasteiger partial charge in [-0.15, -0.1) is 0 Å². The number of benzene rings is 1. The van der Waals surface area contributed by atoms with Crippen LogP contribution in [0.25, 0.3) is 11.3 Å². The number of nitro groups is 1. The Bertz CT molecular complexity index is 1430. The molecule has 1 saturated carbocycles. The molecular formula is C26H27N7O4S. The van der Waals surface area contributed by atoms with Crippen LogP contribution in [0, 0.1) is 23.0 Å². The fourth-order valence-electron chi connectivity index (χ4n) is 4.12. The monoisotopic (exact) mass is 533 g/mol. The molecule has 0 saturated heterocycles. The van der Waals surface area contributed by atoms with Crippen molar-refractivity contribution >= 4 is 40.5 Å². The minimum absolute atomic E-state index is 0.00479. The summed E-state index contributed by atoms with van der Waals surface area (Å²) >= 11 is 0.917. The lowest BCUT2D eigenvalue weighted by Crippen LogP contribution is -2.25. The second kappa shape index (κ2) is 12.7. The van der Waals surface area contributed by atoms with E-state index in [1.165, 1.54) is 18.8 Å². The first kappa shape index (κ1) is 26.6. The van der Waals surface area contributed by atoms with E-state index in [-0.39, 0.29) is 28.2 Å². The van der Waals surface area contributed by atoms with E-state index in [1.807, 2.05) is 30.3 Å². The van der Waals surface area contributed by atoms with Crippen molar-refractivity contribution in [3.8, 4) is 11.3 Å². The number of carbonyl (C=O) groups is 1. The van der Waals surface area contributed by atoms with E-state index in [1.54, 1.807) is 25.1 Å². The Balaban J connectivity index is 0.000000494. The zero-order valence-corrected chi connectivity index (χ0v) is 21.5. The minimum atomic E-state index is -0.467. The molecular weight excluding hydrogens is 506 g/mol. The summed E-state index contributed by atoms with van der Waals surface area (Å²) in [5.41, 5.74) is 2.55. The lowest BCUT2D eigenvalue weighted by Gasteiger charge is -2.20. The molecule has 0 aliphatic heterocycles. The Kier molecular flexibility index (Phi) is 8.88. The van der Waals surface area contributed by atoms with Gasteiger partial charge in [-0.2, -0.15) is 4.37 Å². The van der Waals surface area contributed by atoms with Crippen LogP contribution in [-0.4, -0.2) is 30.2 Å². The van der Waals surface area contributed by atoms with Gasteiger partial charge in [0.1, 0.15) is 12.1 Å². The lowest BCUT2D eigenvalue weighted by atomic mass is 9.89. The molecule has 1 amide bonds. The van der Waals surface area contributed by atoms with Gasteiger partial charge in [0.15, 0.2) is 0 Å². The van der Waals surface area contributed by atoms with Crippen molar-refractivity contribution in [3.63, 3.8) is 0 Å². The van der Waals surface area contributed by atoms with E-state index >= 15 is 0 Å². The summed E-state index contributed by atoms with van der Waals surface area (Å²) in [5.74, 6) is 0.658. The van der Waals surface area contributed by atoms with Crippen LogP contribution in [0.4, 0.5) is 23.0 Å². The molecule has 4 aromatic rings. The number of nitrogens with one attached hydrogen (secondary N) is 3. The van der Waals surface area contributed by atoms with Crippen molar-refractivity contribution in [1.29, 1.82) is 0 Å². The molecule has 1 aromatic carbocycles. The summed E-state index contributed by atoms with van der Waals surface area (Å²) in [7, 11) is 0. The summed E-state index contributed by atoms with van der Waals surface area (Å²) in [4.78, 5) is 44.7.